The SMILES string of the molecule is CCN(CC)c1ccc2c(C)c(C(=O)Oc3nc(C)c(C)s3)c(=O)oc2c1. The number of benzene rings is 1. The molecule has 0 bridgehead atoms. The minimum Gasteiger partial charge on any atom is -0.422 e. The maximum absolute atomic E-state index is 12.6. The molecular formula is C20H22N2O4S. The summed E-state index contributed by atoms with van der Waals surface area (Å²) >= 11 is 1.27. The third kappa shape index (κ3) is 3.60. The standard InChI is InChI=1S/C20H22N2O4S/c1-6-22(7-2)14-8-9-15-11(3)17(18(23)25-16(15)10-14)19(24)26-20-21-12(4)13(5)27-20/h8-10H,6-7H2,1-5H3. The smallest absolute Gasteiger partial charge is 0.353 e. The van der Waals surface area contributed by atoms with Gasteiger partial charge in [0, 0.05) is 35.1 Å². The zero-order chi connectivity index (χ0) is 19.7. The largest absolute Gasteiger partial charge is 0.422 e. The third-order valence-corrected chi connectivity index (χ3v) is 5.62. The molecular weight excluding hydrogens is 364 g/mol. The maximum Gasteiger partial charge on any atom is 0.353 e. The molecule has 0 amide bonds. The molecule has 2 heterocycles. The Morgan fingerprint density at radius 1 is 1.22 bits per heavy atom. The molecule has 0 atom stereocenters. The molecule has 1 aromatic carbocycles. The molecule has 3 aromatic rings. The van der Waals surface area contributed by atoms with E-state index in [0.717, 1.165) is 29.3 Å². The van der Waals surface area contributed by atoms with Crippen LogP contribution in [0.4, 0.5) is 5.69 Å². The van der Waals surface area contributed by atoms with Gasteiger partial charge < -0.3 is 14.1 Å². The average Bonchev–Trinajstić information content (AvgIpc) is 2.93. The van der Waals surface area contributed by atoms with E-state index in [0.29, 0.717) is 16.5 Å². The number of nitrogens with zero attached hydrogens (tertiary/aromatic N) is 2. The van der Waals surface area contributed by atoms with E-state index in [1.807, 2.05) is 32.0 Å². The van der Waals surface area contributed by atoms with E-state index in [9.17, 15) is 9.59 Å². The lowest BCUT2D eigenvalue weighted by Gasteiger charge is -2.21. The first-order valence-corrected chi connectivity index (χ1v) is 9.66. The Bertz CT molecular complexity index is 1040. The van der Waals surface area contributed by atoms with Crippen molar-refractivity contribution in [3.8, 4) is 5.19 Å². The Morgan fingerprint density at radius 2 is 1.93 bits per heavy atom. The van der Waals surface area contributed by atoms with E-state index in [4.69, 9.17) is 9.15 Å². The molecule has 0 aliphatic heterocycles. The fraction of sp³-hybridized carbons (Fsp3) is 0.350. The molecule has 0 fully saturated rings. The maximum atomic E-state index is 12.6. The quantitative estimate of drug-likeness (QED) is 0.482. The van der Waals surface area contributed by atoms with E-state index in [2.05, 4.69) is 23.7 Å². The molecule has 0 saturated heterocycles. The Kier molecular flexibility index (Phi) is 5.32. The number of thiazole rings is 1. The van der Waals surface area contributed by atoms with Crippen LogP contribution in [0.5, 0.6) is 5.19 Å². The summed E-state index contributed by atoms with van der Waals surface area (Å²) in [6.07, 6.45) is 0. The van der Waals surface area contributed by atoms with Gasteiger partial charge in [0.15, 0.2) is 0 Å². The summed E-state index contributed by atoms with van der Waals surface area (Å²) in [6.45, 7) is 11.3. The highest BCUT2D eigenvalue weighted by atomic mass is 32.1. The number of carbonyl (C=O) groups is 1. The Morgan fingerprint density at radius 3 is 2.52 bits per heavy atom. The van der Waals surface area contributed by atoms with Gasteiger partial charge in [-0.25, -0.2) is 14.6 Å². The van der Waals surface area contributed by atoms with E-state index in [1.54, 1.807) is 6.92 Å². The number of carbonyl (C=O) groups excluding carboxylic acids is 1. The topological polar surface area (TPSA) is 72.6 Å². The predicted octanol–water partition coefficient (Wildman–Crippen LogP) is 4.24. The number of aryl methyl sites for hydroxylation is 3. The van der Waals surface area contributed by atoms with Gasteiger partial charge in [0.1, 0.15) is 11.1 Å². The Hall–Kier alpha value is -2.67. The summed E-state index contributed by atoms with van der Waals surface area (Å²) in [5, 5.41) is 0.940. The van der Waals surface area contributed by atoms with Crippen molar-refractivity contribution in [2.75, 3.05) is 18.0 Å². The van der Waals surface area contributed by atoms with Gasteiger partial charge in [0.2, 0.25) is 0 Å². The highest BCUT2D eigenvalue weighted by Crippen LogP contribution is 2.27. The normalized spacial score (nSPS) is 11.0. The average molecular weight is 386 g/mol. The summed E-state index contributed by atoms with van der Waals surface area (Å²) in [6, 6.07) is 5.67. The van der Waals surface area contributed by atoms with Crippen LogP contribution in [0.25, 0.3) is 11.0 Å². The molecule has 7 heteroatoms. The number of hydrogen-bond acceptors (Lipinski definition) is 7. The monoisotopic (exact) mass is 386 g/mol. The molecule has 27 heavy (non-hydrogen) atoms. The molecule has 3 rings (SSSR count). The van der Waals surface area contributed by atoms with E-state index in [-0.39, 0.29) is 10.8 Å². The summed E-state index contributed by atoms with van der Waals surface area (Å²) in [7, 11) is 0. The van der Waals surface area contributed by atoms with Crippen LogP contribution in [0.2, 0.25) is 0 Å². The van der Waals surface area contributed by atoms with Crippen LogP contribution in [-0.2, 0) is 0 Å². The van der Waals surface area contributed by atoms with Gasteiger partial charge in [-0.2, -0.15) is 0 Å². The van der Waals surface area contributed by atoms with Crippen molar-refractivity contribution in [3.05, 3.63) is 50.3 Å². The second-order valence-corrected chi connectivity index (χ2v) is 7.42. The number of rotatable bonds is 5. The van der Waals surface area contributed by atoms with Crippen LogP contribution in [0.3, 0.4) is 0 Å². The zero-order valence-corrected chi connectivity index (χ0v) is 16.9. The van der Waals surface area contributed by atoms with Gasteiger partial charge in [-0.3, -0.25) is 0 Å². The van der Waals surface area contributed by atoms with Crippen LogP contribution < -0.4 is 15.3 Å². The van der Waals surface area contributed by atoms with Crippen LogP contribution in [0.15, 0.2) is 27.4 Å². The summed E-state index contributed by atoms with van der Waals surface area (Å²) in [5.41, 5.74) is 1.98. The summed E-state index contributed by atoms with van der Waals surface area (Å²) < 4.78 is 10.8. The van der Waals surface area contributed by atoms with Gasteiger partial charge in [0.05, 0.1) is 5.69 Å². The van der Waals surface area contributed by atoms with Crippen molar-refractivity contribution in [1.82, 2.24) is 4.98 Å². The first-order valence-electron chi connectivity index (χ1n) is 8.84. The molecule has 0 radical (unpaired) electrons. The lowest BCUT2D eigenvalue weighted by Crippen LogP contribution is -2.22. The molecule has 0 spiro atoms. The van der Waals surface area contributed by atoms with E-state index in [1.165, 1.54) is 11.3 Å². The van der Waals surface area contributed by atoms with Crippen LogP contribution in [-0.4, -0.2) is 24.0 Å². The van der Waals surface area contributed by atoms with Gasteiger partial charge in [-0.1, -0.05) is 11.3 Å². The number of anilines is 1. The van der Waals surface area contributed by atoms with Gasteiger partial charge >= 0.3 is 11.6 Å². The fourth-order valence-electron chi connectivity index (χ4n) is 2.98. The molecule has 0 aliphatic carbocycles. The van der Waals surface area contributed by atoms with E-state index < -0.39 is 11.6 Å². The third-order valence-electron chi connectivity index (χ3n) is 4.67. The highest BCUT2D eigenvalue weighted by molar-refractivity contribution is 7.13. The van der Waals surface area contributed by atoms with Crippen molar-refractivity contribution in [1.29, 1.82) is 0 Å². The lowest BCUT2D eigenvalue weighted by atomic mass is 10.1. The molecule has 0 aliphatic rings. The lowest BCUT2D eigenvalue weighted by molar-refractivity contribution is 0.0729. The Balaban J connectivity index is 2.02. The molecule has 2 aromatic heterocycles. The second kappa shape index (κ2) is 7.52. The molecule has 0 saturated carbocycles. The molecule has 0 N–H and O–H groups in total. The zero-order valence-electron chi connectivity index (χ0n) is 16.1. The molecule has 6 nitrogen and oxygen atoms in total. The van der Waals surface area contributed by atoms with Crippen LogP contribution in [0, 0.1) is 20.8 Å². The minimum atomic E-state index is -0.746. The van der Waals surface area contributed by atoms with Crippen LogP contribution >= 0.6 is 11.3 Å². The Labute approximate surface area is 161 Å². The second-order valence-electron chi connectivity index (χ2n) is 6.25. The van der Waals surface area contributed by atoms with Crippen molar-refractivity contribution < 1.29 is 13.9 Å². The number of hydrogen-bond donors (Lipinski definition) is 0. The van der Waals surface area contributed by atoms with Gasteiger partial charge in [-0.05, 0) is 52.3 Å². The number of esters is 1. The van der Waals surface area contributed by atoms with Crippen molar-refractivity contribution in [2.24, 2.45) is 0 Å². The van der Waals surface area contributed by atoms with Gasteiger partial charge in [0.25, 0.3) is 5.19 Å². The highest BCUT2D eigenvalue weighted by Gasteiger charge is 2.22. The fourth-order valence-corrected chi connectivity index (χ4v) is 3.74. The number of fused-ring (bicyclic) bond motifs is 1. The summed E-state index contributed by atoms with van der Waals surface area (Å²) in [5.74, 6) is -0.746. The molecule has 0 unspecified atom stereocenters. The van der Waals surface area contributed by atoms with Crippen molar-refractivity contribution in [3.63, 3.8) is 0 Å². The number of aromatic nitrogens is 1. The summed E-state index contributed by atoms with van der Waals surface area (Å²) in [4.78, 5) is 32.3. The molecule has 142 valence electrons. The number of ether oxygens (including phenoxy) is 1. The first kappa shape index (κ1) is 19.1. The first-order chi connectivity index (χ1) is 12.8. The van der Waals surface area contributed by atoms with Crippen LogP contribution in [0.1, 0.15) is 40.3 Å². The van der Waals surface area contributed by atoms with Crippen molar-refractivity contribution in [2.45, 2.75) is 34.6 Å². The minimum absolute atomic E-state index is 0.0939. The van der Waals surface area contributed by atoms with E-state index >= 15 is 0 Å². The van der Waals surface area contributed by atoms with Gasteiger partial charge in [-0.15, -0.1) is 0 Å². The van der Waals surface area contributed by atoms with Crippen molar-refractivity contribution >= 4 is 34.0 Å². The predicted molar refractivity (Wildman–Crippen MR) is 107 cm³/mol.